The van der Waals surface area contributed by atoms with Crippen molar-refractivity contribution in [1.82, 2.24) is 24.5 Å². The lowest BCUT2D eigenvalue weighted by Crippen LogP contribution is -2.73. The van der Waals surface area contributed by atoms with Gasteiger partial charge in [-0.1, -0.05) is 12.1 Å². The largest absolute Gasteiger partial charge is 0.480 e. The first-order valence-electron chi connectivity index (χ1n) is 12.6. The Balaban J connectivity index is 1.27. The number of carbonyl (C=O) groups excluding carboxylic acids is 1. The average molecular weight is 563 g/mol. The number of thioether (sulfide) groups is 1. The average Bonchev–Trinajstić information content (AvgIpc) is 3.50. The second kappa shape index (κ2) is 11.5. The molecule has 0 aliphatic carbocycles. The van der Waals surface area contributed by atoms with E-state index in [4.69, 9.17) is 10.6 Å². The number of amidine groups is 1. The topological polar surface area (TPSA) is 163 Å². The van der Waals surface area contributed by atoms with Crippen LogP contribution in [0.2, 0.25) is 0 Å². The highest BCUT2D eigenvalue weighted by molar-refractivity contribution is 8.00. The van der Waals surface area contributed by atoms with Crippen LogP contribution in [0.15, 0.2) is 34.8 Å². The zero-order valence-corrected chi connectivity index (χ0v) is 22.8. The number of aryl methyl sites for hydroxylation is 1. The van der Waals surface area contributed by atoms with Crippen molar-refractivity contribution in [2.45, 2.75) is 56.3 Å². The Morgan fingerprint density at radius 2 is 2.26 bits per heavy atom. The zero-order chi connectivity index (χ0) is 26.8. The molecule has 2 aromatic heterocycles. The summed E-state index contributed by atoms with van der Waals surface area (Å²) in [6.45, 7) is 6.03. The van der Waals surface area contributed by atoms with E-state index in [9.17, 15) is 14.7 Å². The molecule has 3 unspecified atom stereocenters. The van der Waals surface area contributed by atoms with Crippen molar-refractivity contribution in [3.63, 3.8) is 0 Å². The zero-order valence-electron chi connectivity index (χ0n) is 21.2. The molecule has 0 bridgehead atoms. The molecule has 2 fully saturated rings. The number of fused-ring (bicyclic) bond motifs is 2. The second-order valence-corrected chi connectivity index (χ2v) is 11.4. The highest BCUT2D eigenvalue weighted by Gasteiger charge is 2.53. The molecule has 3 aliphatic heterocycles. The Morgan fingerprint density at radius 1 is 1.42 bits per heavy atom. The summed E-state index contributed by atoms with van der Waals surface area (Å²) in [6.07, 6.45) is 4.81. The van der Waals surface area contributed by atoms with Crippen LogP contribution in [0.5, 0.6) is 0 Å². The molecule has 15 heteroatoms. The summed E-state index contributed by atoms with van der Waals surface area (Å²) < 4.78 is 7.08. The minimum Gasteiger partial charge on any atom is -0.480 e. The van der Waals surface area contributed by atoms with Crippen LogP contribution in [0.3, 0.4) is 0 Å². The number of amides is 1. The molecule has 5 heterocycles. The van der Waals surface area contributed by atoms with Crippen LogP contribution in [-0.2, 0) is 27.5 Å². The molecule has 0 aromatic carbocycles. The van der Waals surface area contributed by atoms with E-state index < -0.39 is 23.4 Å². The number of imidazole rings is 1. The number of nitrogens with one attached hydrogen (secondary N) is 2. The number of carboxylic acids is 1. The first kappa shape index (κ1) is 26.7. The summed E-state index contributed by atoms with van der Waals surface area (Å²) in [7, 11) is 0. The molecule has 0 radical (unpaired) electrons. The predicted octanol–water partition coefficient (Wildman–Crippen LogP) is -0.0388. The van der Waals surface area contributed by atoms with Gasteiger partial charge in [0.15, 0.2) is 11.3 Å². The van der Waals surface area contributed by atoms with Crippen LogP contribution in [0, 0.1) is 5.92 Å². The Labute approximate surface area is 228 Å². The molecule has 1 amide bonds. The normalized spacial score (nSPS) is 27.3. The summed E-state index contributed by atoms with van der Waals surface area (Å²) >= 11 is 2.83. The molecule has 5 N–H and O–H groups in total. The van der Waals surface area contributed by atoms with Gasteiger partial charge in [-0.25, -0.2) is 9.56 Å². The van der Waals surface area contributed by atoms with E-state index in [1.165, 1.54) is 11.9 Å². The van der Waals surface area contributed by atoms with Crippen molar-refractivity contribution in [2.75, 3.05) is 18.9 Å². The molecule has 2 aromatic rings. The van der Waals surface area contributed by atoms with E-state index in [0.717, 1.165) is 24.1 Å². The molecule has 38 heavy (non-hydrogen) atoms. The fraction of sp³-hybridized carbons (Fsp3) is 0.565. The van der Waals surface area contributed by atoms with Gasteiger partial charge < -0.3 is 24.6 Å². The lowest BCUT2D eigenvalue weighted by Gasteiger charge is -2.54. The molecule has 13 nitrogen and oxygen atoms in total. The van der Waals surface area contributed by atoms with Gasteiger partial charge in [0.05, 0.1) is 24.2 Å². The van der Waals surface area contributed by atoms with Gasteiger partial charge in [-0.15, -0.1) is 11.8 Å². The van der Waals surface area contributed by atoms with Gasteiger partial charge >= 0.3 is 11.6 Å². The fourth-order valence-electron chi connectivity index (χ4n) is 5.06. The number of pyridine rings is 1. The smallest absolute Gasteiger partial charge is 0.348 e. The van der Waals surface area contributed by atoms with Crippen molar-refractivity contribution in [1.29, 1.82) is 0 Å². The predicted molar refractivity (Wildman–Crippen MR) is 145 cm³/mol. The van der Waals surface area contributed by atoms with Gasteiger partial charge in [0.1, 0.15) is 18.2 Å². The Morgan fingerprint density at radius 3 is 2.97 bits per heavy atom. The van der Waals surface area contributed by atoms with E-state index in [-0.39, 0.29) is 28.9 Å². The van der Waals surface area contributed by atoms with E-state index in [1.807, 2.05) is 29.6 Å². The first-order chi connectivity index (χ1) is 18.4. The summed E-state index contributed by atoms with van der Waals surface area (Å²) in [5, 5.41) is 16.9. The first-order valence-corrected chi connectivity index (χ1v) is 14.5. The molecule has 0 spiro atoms. The van der Waals surface area contributed by atoms with Gasteiger partial charge in [-0.2, -0.15) is 0 Å². The maximum atomic E-state index is 13.1. The molecular formula is C23H32N9O4S2+. The molecule has 2 saturated heterocycles. The van der Waals surface area contributed by atoms with Gasteiger partial charge in [-0.3, -0.25) is 20.2 Å². The number of nitrogens with two attached hydrogens (primary N) is 1. The van der Waals surface area contributed by atoms with Crippen LogP contribution in [-0.4, -0.2) is 84.8 Å². The summed E-state index contributed by atoms with van der Waals surface area (Å²) in [6, 6.07) is 3.13. The third-order valence-corrected chi connectivity index (χ3v) is 8.96. The quantitative estimate of drug-likeness (QED) is 0.134. The van der Waals surface area contributed by atoms with Gasteiger partial charge in [0.25, 0.3) is 5.91 Å². The van der Waals surface area contributed by atoms with E-state index in [2.05, 4.69) is 41.2 Å². The highest BCUT2D eigenvalue weighted by atomic mass is 32.2. The monoisotopic (exact) mass is 562 g/mol. The molecule has 5 rings (SSSR count). The number of aliphatic carboxylic acids is 1. The third-order valence-electron chi connectivity index (χ3n) is 6.74. The number of oxime groups is 1. The molecule has 204 valence electrons. The van der Waals surface area contributed by atoms with Crippen LogP contribution in [0.4, 0.5) is 0 Å². The maximum Gasteiger partial charge on any atom is 0.348 e. The summed E-state index contributed by atoms with van der Waals surface area (Å²) in [5.41, 5.74) is 7.17. The molecule has 5 atom stereocenters. The number of hydrogen-bond acceptors (Lipinski definition) is 11. The second-order valence-electron chi connectivity index (χ2n) is 9.30. The van der Waals surface area contributed by atoms with E-state index >= 15 is 0 Å². The highest BCUT2D eigenvalue weighted by Crippen LogP contribution is 2.40. The Bertz CT molecular complexity index is 1270. The van der Waals surface area contributed by atoms with Gasteiger partial charge in [0.2, 0.25) is 12.0 Å². The Kier molecular flexibility index (Phi) is 8.07. The maximum absolute atomic E-state index is 13.1. The van der Waals surface area contributed by atoms with Crippen molar-refractivity contribution in [3.8, 4) is 0 Å². The Hall–Kier alpha value is -2.88. The number of hydrogen-bond donors (Lipinski definition) is 4. The van der Waals surface area contributed by atoms with Crippen LogP contribution >= 0.6 is 23.7 Å². The molecular weight excluding hydrogens is 530 g/mol. The van der Waals surface area contributed by atoms with Crippen LogP contribution in [0.25, 0.3) is 11.2 Å². The minimum atomic E-state index is -0.858. The third kappa shape index (κ3) is 5.19. The van der Waals surface area contributed by atoms with Gasteiger partial charge in [0, 0.05) is 24.8 Å². The molecule has 0 saturated carbocycles. The summed E-state index contributed by atoms with van der Waals surface area (Å²) in [4.78, 5) is 41.4. The number of carboxylic acid groups (broad SMARTS) is 1. The number of nitrogens with zero attached hydrogens (tertiary/aromatic N) is 6. The van der Waals surface area contributed by atoms with Crippen molar-refractivity contribution < 1.29 is 24.1 Å². The summed E-state index contributed by atoms with van der Waals surface area (Å²) in [5.74, 6) is -0.518. The number of aromatic nitrogens is 3. The SMILES string of the molecule is CCCn1cnc2c1ccc[n+]2CC1CS[C@@H]2[C@H](NC(=O)/C(=N\OCC)C3=NC(N)SN3)CN2C1C(=O)O. The minimum absolute atomic E-state index is 0.0197. The van der Waals surface area contributed by atoms with Crippen molar-refractivity contribution in [3.05, 3.63) is 24.7 Å². The van der Waals surface area contributed by atoms with Crippen molar-refractivity contribution in [2.24, 2.45) is 21.8 Å². The lowest BCUT2D eigenvalue weighted by molar-refractivity contribution is -0.679. The molecule has 3 aliphatic rings. The van der Waals surface area contributed by atoms with E-state index in [1.54, 1.807) is 18.7 Å². The van der Waals surface area contributed by atoms with E-state index in [0.29, 0.717) is 25.4 Å². The number of aliphatic imine (C=N–C) groups is 1. The lowest BCUT2D eigenvalue weighted by atomic mass is 9.93. The van der Waals surface area contributed by atoms with Crippen LogP contribution < -0.4 is 20.3 Å². The van der Waals surface area contributed by atoms with Gasteiger partial charge in [-0.05, 0) is 42.4 Å². The van der Waals surface area contributed by atoms with Crippen molar-refractivity contribution >= 4 is 58.3 Å². The number of rotatable bonds is 10. The fourth-order valence-corrected chi connectivity index (χ4v) is 7.13. The van der Waals surface area contributed by atoms with Crippen LogP contribution in [0.1, 0.15) is 20.3 Å². The number of carbonyl (C=O) groups is 2. The standard InChI is InChI=1S/C23H31N9O4S2/c1-3-7-31-12-25-19-15(31)6-5-8-30(19)9-13-11-37-21-14(10-32(21)17(13)22(34)35)26-20(33)16(28-36-4-2)18-27-23(24)38-29-18/h5-6,8,12-14,17,21,23H,3-4,7,9-11,24H2,1-2H3,(H2-,26,27,29,33,34,35)/p+1/b28-16-/t13?,14-,17?,21-,23?/m1/s1.